The van der Waals surface area contributed by atoms with Gasteiger partial charge in [0, 0.05) is 37.0 Å². The van der Waals surface area contributed by atoms with Crippen molar-refractivity contribution in [2.24, 2.45) is 10.9 Å². The predicted octanol–water partition coefficient (Wildman–Crippen LogP) is 2.01. The van der Waals surface area contributed by atoms with Crippen molar-refractivity contribution in [2.75, 3.05) is 19.7 Å². The average molecular weight is 277 g/mol. The van der Waals surface area contributed by atoms with E-state index in [-0.39, 0.29) is 5.84 Å². The van der Waals surface area contributed by atoms with E-state index in [1.54, 1.807) is 0 Å². The zero-order chi connectivity index (χ0) is 14.5. The lowest BCUT2D eigenvalue weighted by Crippen LogP contribution is -2.37. The van der Waals surface area contributed by atoms with Crippen LogP contribution in [0.15, 0.2) is 29.4 Å². The van der Waals surface area contributed by atoms with Gasteiger partial charge in [0.1, 0.15) is 11.6 Å². The van der Waals surface area contributed by atoms with Crippen molar-refractivity contribution in [1.82, 2.24) is 4.90 Å². The average Bonchev–Trinajstić information content (AvgIpc) is 2.86. The van der Waals surface area contributed by atoms with Crippen LogP contribution in [0.3, 0.4) is 0 Å². The van der Waals surface area contributed by atoms with E-state index in [4.69, 9.17) is 15.7 Å². The van der Waals surface area contributed by atoms with Gasteiger partial charge in [-0.3, -0.25) is 4.90 Å². The summed E-state index contributed by atoms with van der Waals surface area (Å²) in [7, 11) is 0. The van der Waals surface area contributed by atoms with Gasteiger partial charge in [-0.1, -0.05) is 23.4 Å². The molecule has 3 N–H and O–H groups in total. The molecule has 1 aliphatic heterocycles. The van der Waals surface area contributed by atoms with E-state index in [1.165, 1.54) is 5.56 Å². The zero-order valence-corrected chi connectivity index (χ0v) is 12.1. The number of rotatable bonds is 6. The lowest BCUT2D eigenvalue weighted by molar-refractivity contribution is 0.198. The summed E-state index contributed by atoms with van der Waals surface area (Å²) >= 11 is 0. The van der Waals surface area contributed by atoms with E-state index in [2.05, 4.69) is 36.0 Å². The van der Waals surface area contributed by atoms with E-state index in [0.29, 0.717) is 18.4 Å². The van der Waals surface area contributed by atoms with Gasteiger partial charge in [-0.05, 0) is 19.9 Å². The first-order valence-corrected chi connectivity index (χ1v) is 7.04. The highest BCUT2D eigenvalue weighted by molar-refractivity contribution is 5.79. The molecule has 1 heterocycles. The molecule has 0 aliphatic carbocycles. The van der Waals surface area contributed by atoms with E-state index < -0.39 is 0 Å². The molecule has 110 valence electrons. The molecule has 1 unspecified atom stereocenters. The van der Waals surface area contributed by atoms with Gasteiger partial charge < -0.3 is 15.7 Å². The predicted molar refractivity (Wildman–Crippen MR) is 79.4 cm³/mol. The number of amidine groups is 1. The molecule has 1 aromatic carbocycles. The number of ether oxygens (including phenoxy) is 1. The molecule has 1 aromatic rings. The topological polar surface area (TPSA) is 71.1 Å². The molecule has 0 spiro atoms. The minimum absolute atomic E-state index is 0.277. The van der Waals surface area contributed by atoms with Crippen LogP contribution in [0.1, 0.15) is 31.7 Å². The second kappa shape index (κ2) is 6.61. The number of fused-ring (bicyclic) bond motifs is 1. The summed E-state index contributed by atoms with van der Waals surface area (Å²) in [6.07, 6.45) is 0.573. The highest BCUT2D eigenvalue weighted by atomic mass is 16.5. The maximum Gasteiger partial charge on any atom is 0.140 e. The Balaban J connectivity index is 1.99. The van der Waals surface area contributed by atoms with E-state index >= 15 is 0 Å². The van der Waals surface area contributed by atoms with Crippen molar-refractivity contribution in [3.8, 4) is 5.75 Å². The molecule has 1 aliphatic rings. The first kappa shape index (κ1) is 14.7. The lowest BCUT2D eigenvalue weighted by atomic mass is 10.00. The third-order valence-corrected chi connectivity index (χ3v) is 3.77. The van der Waals surface area contributed by atoms with Gasteiger partial charge in [0.15, 0.2) is 0 Å². The summed E-state index contributed by atoms with van der Waals surface area (Å²) in [6.45, 7) is 6.76. The fraction of sp³-hybridized carbons (Fsp3) is 0.533. The Hall–Kier alpha value is -1.75. The number of oxime groups is 1. The van der Waals surface area contributed by atoms with Crippen molar-refractivity contribution in [1.29, 1.82) is 0 Å². The zero-order valence-electron chi connectivity index (χ0n) is 12.1. The summed E-state index contributed by atoms with van der Waals surface area (Å²) in [6, 6.07) is 8.62. The minimum Gasteiger partial charge on any atom is -0.493 e. The maximum atomic E-state index is 8.63. The Labute approximate surface area is 120 Å². The SMILES string of the molecule is CC(C)N(CCC(N)=NO)CC1COc2ccccc21. The van der Waals surface area contributed by atoms with Crippen LogP contribution in [-0.4, -0.2) is 41.7 Å². The fourth-order valence-electron chi connectivity index (χ4n) is 2.53. The van der Waals surface area contributed by atoms with Crippen LogP contribution in [0.4, 0.5) is 0 Å². The number of para-hydroxylation sites is 1. The Kier molecular flexibility index (Phi) is 4.84. The summed E-state index contributed by atoms with van der Waals surface area (Å²) in [4.78, 5) is 2.34. The highest BCUT2D eigenvalue weighted by Gasteiger charge is 2.26. The van der Waals surface area contributed by atoms with Gasteiger partial charge in [-0.2, -0.15) is 0 Å². The van der Waals surface area contributed by atoms with Crippen LogP contribution in [0, 0.1) is 0 Å². The fourth-order valence-corrected chi connectivity index (χ4v) is 2.53. The second-order valence-electron chi connectivity index (χ2n) is 5.48. The van der Waals surface area contributed by atoms with Crippen molar-refractivity contribution >= 4 is 5.84 Å². The minimum atomic E-state index is 0.277. The van der Waals surface area contributed by atoms with Crippen LogP contribution >= 0.6 is 0 Å². The molecule has 5 heteroatoms. The molecule has 1 atom stereocenters. The van der Waals surface area contributed by atoms with E-state index in [0.717, 1.165) is 25.4 Å². The van der Waals surface area contributed by atoms with Gasteiger partial charge in [0.2, 0.25) is 0 Å². The van der Waals surface area contributed by atoms with Crippen LogP contribution in [0.5, 0.6) is 5.75 Å². The molecule has 0 radical (unpaired) electrons. The quantitative estimate of drug-likeness (QED) is 0.361. The molecule has 20 heavy (non-hydrogen) atoms. The van der Waals surface area contributed by atoms with Gasteiger partial charge in [-0.15, -0.1) is 0 Å². The van der Waals surface area contributed by atoms with Gasteiger partial charge in [0.05, 0.1) is 6.61 Å². The van der Waals surface area contributed by atoms with Gasteiger partial charge in [0.25, 0.3) is 0 Å². The molecular formula is C15H23N3O2. The van der Waals surface area contributed by atoms with E-state index in [9.17, 15) is 0 Å². The lowest BCUT2D eigenvalue weighted by Gasteiger charge is -2.28. The van der Waals surface area contributed by atoms with Crippen LogP contribution in [-0.2, 0) is 0 Å². The van der Waals surface area contributed by atoms with Crippen molar-refractivity contribution in [3.05, 3.63) is 29.8 Å². The molecular weight excluding hydrogens is 254 g/mol. The first-order valence-electron chi connectivity index (χ1n) is 7.04. The second-order valence-corrected chi connectivity index (χ2v) is 5.48. The van der Waals surface area contributed by atoms with Crippen LogP contribution in [0.25, 0.3) is 0 Å². The molecule has 0 saturated carbocycles. The largest absolute Gasteiger partial charge is 0.493 e. The highest BCUT2D eigenvalue weighted by Crippen LogP contribution is 2.34. The third-order valence-electron chi connectivity index (χ3n) is 3.77. The first-order chi connectivity index (χ1) is 9.61. The summed E-state index contributed by atoms with van der Waals surface area (Å²) in [5, 5.41) is 11.7. The number of hydrogen-bond acceptors (Lipinski definition) is 4. The maximum absolute atomic E-state index is 8.63. The van der Waals surface area contributed by atoms with Gasteiger partial charge >= 0.3 is 0 Å². The summed E-state index contributed by atoms with van der Waals surface area (Å²) in [5.74, 6) is 1.66. The Morgan fingerprint density at radius 2 is 2.25 bits per heavy atom. The monoisotopic (exact) mass is 277 g/mol. The molecule has 0 amide bonds. The molecule has 0 saturated heterocycles. The summed E-state index contributed by atoms with van der Waals surface area (Å²) < 4.78 is 5.72. The van der Waals surface area contributed by atoms with Crippen molar-refractivity contribution in [3.63, 3.8) is 0 Å². The molecule has 0 fully saturated rings. The molecule has 0 bridgehead atoms. The Bertz CT molecular complexity index is 474. The normalized spacial score (nSPS) is 18.4. The third kappa shape index (κ3) is 3.42. The van der Waals surface area contributed by atoms with Crippen LogP contribution in [0.2, 0.25) is 0 Å². The Morgan fingerprint density at radius 3 is 2.95 bits per heavy atom. The van der Waals surface area contributed by atoms with Crippen molar-refractivity contribution in [2.45, 2.75) is 32.2 Å². The Morgan fingerprint density at radius 1 is 1.50 bits per heavy atom. The number of hydrogen-bond donors (Lipinski definition) is 2. The smallest absolute Gasteiger partial charge is 0.140 e. The summed E-state index contributed by atoms with van der Waals surface area (Å²) in [5.41, 5.74) is 6.83. The van der Waals surface area contributed by atoms with Crippen molar-refractivity contribution < 1.29 is 9.94 Å². The molecule has 0 aromatic heterocycles. The van der Waals surface area contributed by atoms with Crippen LogP contribution < -0.4 is 10.5 Å². The van der Waals surface area contributed by atoms with E-state index in [1.807, 2.05) is 12.1 Å². The molecule has 5 nitrogen and oxygen atoms in total. The standard InChI is InChI=1S/C15H23N3O2/c1-11(2)18(8-7-15(16)17-19)9-12-10-20-14-6-4-3-5-13(12)14/h3-6,11-12,19H,7-10H2,1-2H3,(H2,16,17). The molecule has 2 rings (SSSR count). The number of nitrogens with two attached hydrogens (primary N) is 1. The van der Waals surface area contributed by atoms with Gasteiger partial charge in [-0.25, -0.2) is 0 Å². The number of benzene rings is 1. The number of nitrogens with zero attached hydrogens (tertiary/aromatic N) is 2.